The number of hydrogen-bond acceptors (Lipinski definition) is 4. The molecule has 0 fully saturated rings. The summed E-state index contributed by atoms with van der Waals surface area (Å²) in [6.45, 7) is 3.78. The molecule has 1 N–H and O–H groups in total. The Kier molecular flexibility index (Phi) is 5.96. The lowest BCUT2D eigenvalue weighted by Crippen LogP contribution is -2.11. The monoisotopic (exact) mass is 213 g/mol. The number of hydrogen-bond donors (Lipinski definition) is 1. The maximum absolute atomic E-state index is 8.58. The zero-order chi connectivity index (χ0) is 10.9. The van der Waals surface area contributed by atoms with Gasteiger partial charge < -0.3 is 9.84 Å². The normalized spacial score (nSPS) is 12.9. The van der Waals surface area contributed by atoms with Crippen LogP contribution in [0.1, 0.15) is 26.2 Å². The standard InChI is InChI=1S/C10H19N3O2/c1-10(15-7-3-6-14)4-2-5-13-9-11-8-12-13/h8-10,14H,2-7H2,1H3. The molecule has 5 heteroatoms. The van der Waals surface area contributed by atoms with Gasteiger partial charge in [0, 0.05) is 19.8 Å². The molecule has 0 saturated heterocycles. The Morgan fingerprint density at radius 1 is 1.47 bits per heavy atom. The van der Waals surface area contributed by atoms with E-state index in [9.17, 15) is 0 Å². The van der Waals surface area contributed by atoms with Crippen LogP contribution < -0.4 is 0 Å². The first-order chi connectivity index (χ1) is 7.33. The van der Waals surface area contributed by atoms with Gasteiger partial charge in [-0.1, -0.05) is 0 Å². The van der Waals surface area contributed by atoms with Crippen molar-refractivity contribution in [3.8, 4) is 0 Å². The number of rotatable bonds is 8. The predicted octanol–water partition coefficient (Wildman–Crippen LogP) is 0.846. The number of aliphatic hydroxyl groups is 1. The van der Waals surface area contributed by atoms with Crippen LogP contribution in [0.15, 0.2) is 12.7 Å². The number of aliphatic hydroxyl groups excluding tert-OH is 1. The van der Waals surface area contributed by atoms with Crippen LogP contribution in [0.2, 0.25) is 0 Å². The van der Waals surface area contributed by atoms with Crippen LogP contribution in [-0.2, 0) is 11.3 Å². The van der Waals surface area contributed by atoms with Crippen LogP contribution >= 0.6 is 0 Å². The molecule has 1 atom stereocenters. The van der Waals surface area contributed by atoms with Gasteiger partial charge >= 0.3 is 0 Å². The molecule has 0 aliphatic heterocycles. The summed E-state index contributed by atoms with van der Waals surface area (Å²) < 4.78 is 7.32. The van der Waals surface area contributed by atoms with Crippen molar-refractivity contribution in [1.29, 1.82) is 0 Å². The molecular weight excluding hydrogens is 194 g/mol. The van der Waals surface area contributed by atoms with E-state index in [2.05, 4.69) is 17.0 Å². The maximum atomic E-state index is 8.58. The van der Waals surface area contributed by atoms with Gasteiger partial charge in [-0.15, -0.1) is 0 Å². The highest BCUT2D eigenvalue weighted by Gasteiger charge is 2.01. The van der Waals surface area contributed by atoms with Gasteiger partial charge in [-0.25, -0.2) is 4.98 Å². The van der Waals surface area contributed by atoms with Crippen LogP contribution in [0.25, 0.3) is 0 Å². The van der Waals surface area contributed by atoms with Crippen LogP contribution in [0.5, 0.6) is 0 Å². The van der Waals surface area contributed by atoms with Crippen molar-refractivity contribution in [3.63, 3.8) is 0 Å². The molecule has 86 valence electrons. The first-order valence-corrected chi connectivity index (χ1v) is 5.38. The van der Waals surface area contributed by atoms with Crippen molar-refractivity contribution in [3.05, 3.63) is 12.7 Å². The van der Waals surface area contributed by atoms with Gasteiger partial charge in [0.1, 0.15) is 12.7 Å². The molecule has 0 radical (unpaired) electrons. The van der Waals surface area contributed by atoms with E-state index in [0.717, 1.165) is 19.4 Å². The van der Waals surface area contributed by atoms with Crippen LogP contribution in [-0.4, -0.2) is 39.2 Å². The van der Waals surface area contributed by atoms with Gasteiger partial charge in [0.05, 0.1) is 6.10 Å². The largest absolute Gasteiger partial charge is 0.396 e. The lowest BCUT2D eigenvalue weighted by molar-refractivity contribution is 0.0486. The van der Waals surface area contributed by atoms with Gasteiger partial charge in [0.25, 0.3) is 0 Å². The Hall–Kier alpha value is -0.940. The second-order valence-electron chi connectivity index (χ2n) is 3.56. The van der Waals surface area contributed by atoms with Crippen LogP contribution in [0, 0.1) is 0 Å². The van der Waals surface area contributed by atoms with Crippen LogP contribution in [0.4, 0.5) is 0 Å². The lowest BCUT2D eigenvalue weighted by Gasteiger charge is -2.12. The zero-order valence-corrected chi connectivity index (χ0v) is 9.17. The molecule has 1 heterocycles. The number of ether oxygens (including phenoxy) is 1. The molecule has 0 aromatic carbocycles. The van der Waals surface area contributed by atoms with Gasteiger partial charge in [0.2, 0.25) is 0 Å². The Morgan fingerprint density at radius 2 is 2.33 bits per heavy atom. The predicted molar refractivity (Wildman–Crippen MR) is 56.4 cm³/mol. The van der Waals surface area contributed by atoms with E-state index in [-0.39, 0.29) is 12.7 Å². The first-order valence-electron chi connectivity index (χ1n) is 5.38. The molecule has 1 unspecified atom stereocenters. The van der Waals surface area contributed by atoms with E-state index < -0.39 is 0 Å². The smallest absolute Gasteiger partial charge is 0.137 e. The summed E-state index contributed by atoms with van der Waals surface area (Å²) in [4.78, 5) is 3.87. The second-order valence-corrected chi connectivity index (χ2v) is 3.56. The Bertz CT molecular complexity index is 239. The van der Waals surface area contributed by atoms with Gasteiger partial charge in [-0.3, -0.25) is 4.68 Å². The Balaban J connectivity index is 1.99. The van der Waals surface area contributed by atoms with E-state index in [4.69, 9.17) is 9.84 Å². The summed E-state index contributed by atoms with van der Waals surface area (Å²) in [5.74, 6) is 0. The van der Waals surface area contributed by atoms with E-state index in [1.165, 1.54) is 0 Å². The fourth-order valence-electron chi connectivity index (χ4n) is 1.32. The van der Waals surface area contributed by atoms with Crippen molar-refractivity contribution in [1.82, 2.24) is 14.8 Å². The fourth-order valence-corrected chi connectivity index (χ4v) is 1.32. The average molecular weight is 213 g/mol. The summed E-state index contributed by atoms with van der Waals surface area (Å²) in [5.41, 5.74) is 0. The SMILES string of the molecule is CC(CCCn1cncn1)OCCCO. The van der Waals surface area contributed by atoms with Gasteiger partial charge in [-0.2, -0.15) is 5.10 Å². The first kappa shape index (κ1) is 12.1. The van der Waals surface area contributed by atoms with Crippen molar-refractivity contribution in [2.24, 2.45) is 0 Å². The van der Waals surface area contributed by atoms with Crippen molar-refractivity contribution in [2.45, 2.75) is 38.8 Å². The summed E-state index contributed by atoms with van der Waals surface area (Å²) >= 11 is 0. The van der Waals surface area contributed by atoms with E-state index >= 15 is 0 Å². The van der Waals surface area contributed by atoms with Crippen molar-refractivity contribution >= 4 is 0 Å². The number of aromatic nitrogens is 3. The summed E-state index contributed by atoms with van der Waals surface area (Å²) in [6, 6.07) is 0. The highest BCUT2D eigenvalue weighted by molar-refractivity contribution is 4.57. The zero-order valence-electron chi connectivity index (χ0n) is 9.17. The fraction of sp³-hybridized carbons (Fsp3) is 0.800. The highest BCUT2D eigenvalue weighted by Crippen LogP contribution is 2.03. The average Bonchev–Trinajstić information content (AvgIpc) is 2.71. The third-order valence-corrected chi connectivity index (χ3v) is 2.17. The lowest BCUT2D eigenvalue weighted by atomic mass is 10.2. The number of nitrogens with zero attached hydrogens (tertiary/aromatic N) is 3. The molecule has 1 aromatic rings. The molecule has 5 nitrogen and oxygen atoms in total. The molecule has 0 amide bonds. The minimum atomic E-state index is 0.200. The summed E-state index contributed by atoms with van der Waals surface area (Å²) in [7, 11) is 0. The van der Waals surface area contributed by atoms with E-state index in [0.29, 0.717) is 13.0 Å². The summed E-state index contributed by atoms with van der Waals surface area (Å²) in [6.07, 6.45) is 6.26. The molecule has 0 bridgehead atoms. The molecule has 1 rings (SSSR count). The minimum absolute atomic E-state index is 0.200. The Morgan fingerprint density at radius 3 is 3.00 bits per heavy atom. The third kappa shape index (κ3) is 5.49. The van der Waals surface area contributed by atoms with E-state index in [1.54, 1.807) is 12.7 Å². The minimum Gasteiger partial charge on any atom is -0.396 e. The van der Waals surface area contributed by atoms with Crippen molar-refractivity contribution < 1.29 is 9.84 Å². The molecule has 0 spiro atoms. The molecule has 0 aliphatic carbocycles. The topological polar surface area (TPSA) is 60.2 Å². The van der Waals surface area contributed by atoms with Gasteiger partial charge in [-0.05, 0) is 26.2 Å². The van der Waals surface area contributed by atoms with E-state index in [1.807, 2.05) is 4.68 Å². The second kappa shape index (κ2) is 7.36. The molecule has 1 aromatic heterocycles. The molecule has 15 heavy (non-hydrogen) atoms. The van der Waals surface area contributed by atoms with Crippen molar-refractivity contribution in [2.75, 3.05) is 13.2 Å². The number of aryl methyl sites for hydroxylation is 1. The highest BCUT2D eigenvalue weighted by atomic mass is 16.5. The molecular formula is C10H19N3O2. The third-order valence-electron chi connectivity index (χ3n) is 2.17. The molecule has 0 saturated carbocycles. The molecule has 0 aliphatic rings. The maximum Gasteiger partial charge on any atom is 0.137 e. The van der Waals surface area contributed by atoms with Crippen LogP contribution in [0.3, 0.4) is 0 Å². The Labute approximate surface area is 90.1 Å². The summed E-state index contributed by atoms with van der Waals surface area (Å²) in [5, 5.41) is 12.6. The quantitative estimate of drug-likeness (QED) is 0.650. The van der Waals surface area contributed by atoms with Gasteiger partial charge in [0.15, 0.2) is 0 Å².